The van der Waals surface area contributed by atoms with E-state index in [-0.39, 0.29) is 12.3 Å². The highest BCUT2D eigenvalue weighted by atomic mass is 16.4. The molecule has 12 heavy (non-hydrogen) atoms. The SMILES string of the molecule is C#CCC(=O)N1CCC1C(=O)O. The number of hydrogen-bond acceptors (Lipinski definition) is 2. The van der Waals surface area contributed by atoms with Crippen molar-refractivity contribution in [1.82, 2.24) is 4.90 Å². The molecule has 1 aliphatic heterocycles. The molecule has 0 bridgehead atoms. The Hall–Kier alpha value is -1.50. The van der Waals surface area contributed by atoms with Crippen LogP contribution < -0.4 is 0 Å². The molecule has 0 spiro atoms. The number of rotatable bonds is 2. The number of hydrogen-bond donors (Lipinski definition) is 1. The average Bonchev–Trinajstić information content (AvgIpc) is 1.82. The number of carboxylic acid groups (broad SMARTS) is 1. The summed E-state index contributed by atoms with van der Waals surface area (Å²) in [6, 6.07) is -0.647. The molecule has 0 radical (unpaired) electrons. The van der Waals surface area contributed by atoms with E-state index in [1.807, 2.05) is 0 Å². The van der Waals surface area contributed by atoms with Crippen LogP contribution in [0.2, 0.25) is 0 Å². The Morgan fingerprint density at radius 2 is 2.33 bits per heavy atom. The number of nitrogens with zero attached hydrogens (tertiary/aromatic N) is 1. The Bertz CT molecular complexity index is 254. The van der Waals surface area contributed by atoms with E-state index in [0.29, 0.717) is 13.0 Å². The molecule has 1 atom stereocenters. The molecule has 64 valence electrons. The fourth-order valence-electron chi connectivity index (χ4n) is 1.13. The van der Waals surface area contributed by atoms with E-state index in [9.17, 15) is 9.59 Å². The molecular formula is C8H9NO3. The van der Waals surface area contributed by atoms with Crippen LogP contribution in [-0.2, 0) is 9.59 Å². The van der Waals surface area contributed by atoms with Crippen LogP contribution in [0.15, 0.2) is 0 Å². The monoisotopic (exact) mass is 167 g/mol. The smallest absolute Gasteiger partial charge is 0.326 e. The third-order valence-electron chi connectivity index (χ3n) is 1.88. The van der Waals surface area contributed by atoms with Gasteiger partial charge in [0.25, 0.3) is 0 Å². The van der Waals surface area contributed by atoms with Gasteiger partial charge in [-0.05, 0) is 6.42 Å². The summed E-state index contributed by atoms with van der Waals surface area (Å²) in [7, 11) is 0. The van der Waals surface area contributed by atoms with Crippen molar-refractivity contribution in [3.8, 4) is 12.3 Å². The van der Waals surface area contributed by atoms with Crippen molar-refractivity contribution in [2.75, 3.05) is 6.54 Å². The molecule has 1 amide bonds. The lowest BCUT2D eigenvalue weighted by Gasteiger charge is -2.37. The summed E-state index contributed by atoms with van der Waals surface area (Å²) in [5.41, 5.74) is 0. The number of aliphatic carboxylic acids is 1. The van der Waals surface area contributed by atoms with Crippen LogP contribution in [0.5, 0.6) is 0 Å². The third-order valence-corrected chi connectivity index (χ3v) is 1.88. The summed E-state index contributed by atoms with van der Waals surface area (Å²) in [6.45, 7) is 0.511. The highest BCUT2D eigenvalue weighted by Crippen LogP contribution is 2.18. The lowest BCUT2D eigenvalue weighted by atomic mass is 10.0. The van der Waals surface area contributed by atoms with Crippen LogP contribution in [0.25, 0.3) is 0 Å². The van der Waals surface area contributed by atoms with Crippen molar-refractivity contribution in [3.05, 3.63) is 0 Å². The summed E-state index contributed by atoms with van der Waals surface area (Å²) in [5, 5.41) is 8.58. The number of carbonyl (C=O) groups excluding carboxylic acids is 1. The van der Waals surface area contributed by atoms with Crippen LogP contribution in [-0.4, -0.2) is 34.5 Å². The predicted molar refractivity (Wildman–Crippen MR) is 41.2 cm³/mol. The molecule has 0 aromatic rings. The van der Waals surface area contributed by atoms with E-state index >= 15 is 0 Å². The Labute approximate surface area is 70.2 Å². The van der Waals surface area contributed by atoms with E-state index in [1.165, 1.54) is 4.90 Å². The maximum Gasteiger partial charge on any atom is 0.326 e. The lowest BCUT2D eigenvalue weighted by molar-refractivity contribution is -0.156. The summed E-state index contributed by atoms with van der Waals surface area (Å²) >= 11 is 0. The first kappa shape index (κ1) is 8.60. The van der Waals surface area contributed by atoms with Crippen LogP contribution in [0.4, 0.5) is 0 Å². The molecule has 1 heterocycles. The zero-order valence-corrected chi connectivity index (χ0v) is 6.49. The molecule has 0 saturated carbocycles. The number of carboxylic acids is 1. The topological polar surface area (TPSA) is 57.6 Å². The fraction of sp³-hybridized carbons (Fsp3) is 0.500. The molecule has 4 nitrogen and oxygen atoms in total. The summed E-state index contributed by atoms with van der Waals surface area (Å²) < 4.78 is 0. The molecule has 1 fully saturated rings. The van der Waals surface area contributed by atoms with Gasteiger partial charge in [0.2, 0.25) is 5.91 Å². The predicted octanol–water partition coefficient (Wildman–Crippen LogP) is -0.305. The summed E-state index contributed by atoms with van der Waals surface area (Å²) in [5.74, 6) is 0.972. The minimum Gasteiger partial charge on any atom is -0.480 e. The first-order valence-corrected chi connectivity index (χ1v) is 3.62. The largest absolute Gasteiger partial charge is 0.480 e. The third kappa shape index (κ3) is 1.40. The van der Waals surface area contributed by atoms with Crippen molar-refractivity contribution in [1.29, 1.82) is 0 Å². The van der Waals surface area contributed by atoms with Crippen molar-refractivity contribution in [2.24, 2.45) is 0 Å². The molecular weight excluding hydrogens is 158 g/mol. The van der Waals surface area contributed by atoms with Crippen LogP contribution in [0, 0.1) is 12.3 Å². The summed E-state index contributed by atoms with van der Waals surface area (Å²) in [6.07, 6.45) is 5.45. The molecule has 1 aliphatic rings. The Balaban J connectivity index is 2.50. The molecule has 0 aliphatic carbocycles. The zero-order valence-electron chi connectivity index (χ0n) is 6.49. The van der Waals surface area contributed by atoms with Gasteiger partial charge in [-0.1, -0.05) is 5.92 Å². The number of carbonyl (C=O) groups is 2. The lowest BCUT2D eigenvalue weighted by Crippen LogP contribution is -2.54. The van der Waals surface area contributed by atoms with E-state index < -0.39 is 12.0 Å². The Morgan fingerprint density at radius 3 is 2.67 bits per heavy atom. The average molecular weight is 167 g/mol. The first-order chi connectivity index (χ1) is 5.66. The van der Waals surface area contributed by atoms with Crippen molar-refractivity contribution in [2.45, 2.75) is 18.9 Å². The zero-order chi connectivity index (χ0) is 9.14. The Morgan fingerprint density at radius 1 is 1.67 bits per heavy atom. The molecule has 1 rings (SSSR count). The van der Waals surface area contributed by atoms with E-state index in [1.54, 1.807) is 0 Å². The second-order valence-electron chi connectivity index (χ2n) is 2.61. The molecule has 1 N–H and O–H groups in total. The molecule has 1 unspecified atom stereocenters. The fourth-order valence-corrected chi connectivity index (χ4v) is 1.13. The minimum atomic E-state index is -0.952. The highest BCUT2D eigenvalue weighted by molar-refractivity contribution is 5.86. The van der Waals surface area contributed by atoms with Gasteiger partial charge in [-0.3, -0.25) is 4.79 Å². The van der Waals surface area contributed by atoms with Crippen molar-refractivity contribution < 1.29 is 14.7 Å². The molecule has 1 saturated heterocycles. The standard InChI is InChI=1S/C8H9NO3/c1-2-3-7(10)9-5-4-6(9)8(11)12/h1,6H,3-5H2,(H,11,12). The first-order valence-electron chi connectivity index (χ1n) is 3.62. The summed E-state index contributed by atoms with van der Waals surface area (Å²) in [4.78, 5) is 22.8. The van der Waals surface area contributed by atoms with Gasteiger partial charge < -0.3 is 10.0 Å². The van der Waals surface area contributed by atoms with E-state index in [2.05, 4.69) is 5.92 Å². The Kier molecular flexibility index (Phi) is 2.34. The molecule has 0 aromatic heterocycles. The van der Waals surface area contributed by atoms with Gasteiger partial charge in [0, 0.05) is 6.54 Å². The highest BCUT2D eigenvalue weighted by Gasteiger charge is 2.36. The van der Waals surface area contributed by atoms with Gasteiger partial charge in [0.15, 0.2) is 0 Å². The van der Waals surface area contributed by atoms with Crippen LogP contribution in [0.3, 0.4) is 0 Å². The van der Waals surface area contributed by atoms with Gasteiger partial charge in [0.05, 0.1) is 6.42 Å². The van der Waals surface area contributed by atoms with Crippen LogP contribution in [0.1, 0.15) is 12.8 Å². The van der Waals surface area contributed by atoms with E-state index in [4.69, 9.17) is 11.5 Å². The second kappa shape index (κ2) is 3.26. The molecule has 0 aromatic carbocycles. The number of terminal acetylenes is 1. The van der Waals surface area contributed by atoms with Crippen LogP contribution >= 0.6 is 0 Å². The second-order valence-corrected chi connectivity index (χ2v) is 2.61. The number of amides is 1. The normalized spacial score (nSPS) is 20.9. The van der Waals surface area contributed by atoms with Gasteiger partial charge >= 0.3 is 5.97 Å². The van der Waals surface area contributed by atoms with Crippen molar-refractivity contribution in [3.63, 3.8) is 0 Å². The number of likely N-dealkylation sites (tertiary alicyclic amines) is 1. The van der Waals surface area contributed by atoms with Crippen molar-refractivity contribution >= 4 is 11.9 Å². The van der Waals surface area contributed by atoms with Gasteiger partial charge in [0.1, 0.15) is 6.04 Å². The minimum absolute atomic E-state index is 0.0101. The maximum absolute atomic E-state index is 11.1. The van der Waals surface area contributed by atoms with Gasteiger partial charge in [-0.2, -0.15) is 0 Å². The van der Waals surface area contributed by atoms with Gasteiger partial charge in [-0.15, -0.1) is 6.42 Å². The molecule has 4 heteroatoms. The quantitative estimate of drug-likeness (QED) is 0.574. The van der Waals surface area contributed by atoms with Gasteiger partial charge in [-0.25, -0.2) is 4.79 Å². The maximum atomic E-state index is 11.1. The van der Waals surface area contributed by atoms with E-state index in [0.717, 1.165) is 0 Å².